The molecule has 0 radical (unpaired) electrons. The number of likely N-dealkylation sites (N-methyl/N-ethyl adjacent to an activating group) is 2. The Morgan fingerprint density at radius 3 is 2.22 bits per heavy atom. The number of rotatable bonds is 1. The first-order valence-electron chi connectivity index (χ1n) is 10.8. The Hall–Kier alpha value is -2.63. The molecule has 32 heavy (non-hydrogen) atoms. The average Bonchev–Trinajstić information content (AvgIpc) is 3.18. The van der Waals surface area contributed by atoms with Crippen molar-refractivity contribution in [2.75, 3.05) is 25.5 Å². The van der Waals surface area contributed by atoms with Crippen molar-refractivity contribution in [3.05, 3.63) is 51.0 Å². The van der Waals surface area contributed by atoms with E-state index in [1.807, 2.05) is 0 Å². The maximum absolute atomic E-state index is 12.7. The number of carbonyl (C=O) groups is 3. The van der Waals surface area contributed by atoms with Crippen molar-refractivity contribution in [3.8, 4) is 0 Å². The molecule has 2 aromatic rings. The summed E-state index contributed by atoms with van der Waals surface area (Å²) < 4.78 is 2.31. The zero-order valence-electron chi connectivity index (χ0n) is 19.3. The fourth-order valence-electron chi connectivity index (χ4n) is 5.11. The van der Waals surface area contributed by atoms with Gasteiger partial charge in [-0.05, 0) is 0 Å². The number of benzene rings is 1. The van der Waals surface area contributed by atoms with E-state index in [1.165, 1.54) is 41.0 Å². The van der Waals surface area contributed by atoms with Gasteiger partial charge in [-0.25, -0.2) is 0 Å². The Kier molecular flexibility index (Phi) is 4.44. The first-order chi connectivity index (χ1) is 14.9. The molecular weight excluding hydrogens is 469 g/mol. The molecule has 166 valence electrons. The summed E-state index contributed by atoms with van der Waals surface area (Å²) in [5, 5.41) is 0. The van der Waals surface area contributed by atoms with E-state index in [4.69, 9.17) is 0 Å². The van der Waals surface area contributed by atoms with Crippen LogP contribution in [0.5, 0.6) is 0 Å². The number of barbiturate groups is 1. The number of anilines is 2. The molecule has 3 aliphatic heterocycles. The van der Waals surface area contributed by atoms with Gasteiger partial charge in [0, 0.05) is 0 Å². The fraction of sp³-hybridized carbons (Fsp3) is 0.400. The number of hydrogen-bond acceptors (Lipinski definition) is 4. The van der Waals surface area contributed by atoms with Crippen LogP contribution in [-0.4, -0.2) is 62.8 Å². The molecule has 0 atom stereocenters. The summed E-state index contributed by atoms with van der Waals surface area (Å²) in [6, 6.07) is 8.22. The molecule has 1 fully saturated rings. The van der Waals surface area contributed by atoms with Gasteiger partial charge >= 0.3 is 194 Å². The molecule has 0 aliphatic carbocycles. The molecule has 4 amide bonds. The number of amides is 4. The molecule has 1 saturated heterocycles. The molecule has 0 saturated carbocycles. The van der Waals surface area contributed by atoms with Crippen molar-refractivity contribution in [1.82, 2.24) is 9.80 Å². The van der Waals surface area contributed by atoms with Crippen LogP contribution in [0.3, 0.4) is 0 Å². The molecule has 6 nitrogen and oxygen atoms in total. The van der Waals surface area contributed by atoms with E-state index < -0.39 is 17.8 Å². The first-order valence-corrected chi connectivity index (χ1v) is 12.5. The Labute approximate surface area is 194 Å². The second-order valence-electron chi connectivity index (χ2n) is 10.0. The molecular formula is C25H27N3O3Se. The predicted octanol–water partition coefficient (Wildman–Crippen LogP) is 3.64. The van der Waals surface area contributed by atoms with Gasteiger partial charge in [-0.15, -0.1) is 0 Å². The zero-order valence-corrected chi connectivity index (χ0v) is 21.0. The van der Waals surface area contributed by atoms with Crippen LogP contribution in [-0.2, 0) is 20.4 Å². The minimum atomic E-state index is -0.597. The second-order valence-corrected chi connectivity index (χ2v) is 12.3. The van der Waals surface area contributed by atoms with Crippen LogP contribution >= 0.6 is 0 Å². The van der Waals surface area contributed by atoms with Crippen molar-refractivity contribution in [2.45, 2.75) is 44.9 Å². The van der Waals surface area contributed by atoms with Gasteiger partial charge in [0.25, 0.3) is 0 Å². The quantitative estimate of drug-likeness (QED) is 0.344. The number of para-hydroxylation sites is 1. The molecule has 1 aromatic carbocycles. The first kappa shape index (κ1) is 21.2. The van der Waals surface area contributed by atoms with Crippen molar-refractivity contribution in [3.63, 3.8) is 0 Å². The summed E-state index contributed by atoms with van der Waals surface area (Å²) in [6.07, 6.45) is 2.78. The monoisotopic (exact) mass is 497 g/mol. The van der Waals surface area contributed by atoms with E-state index in [9.17, 15) is 14.4 Å². The van der Waals surface area contributed by atoms with E-state index in [0.717, 1.165) is 27.2 Å². The van der Waals surface area contributed by atoms with Crippen LogP contribution < -0.4 is 4.90 Å². The van der Waals surface area contributed by atoms with Gasteiger partial charge in [-0.3, -0.25) is 0 Å². The van der Waals surface area contributed by atoms with Gasteiger partial charge in [0.2, 0.25) is 0 Å². The van der Waals surface area contributed by atoms with Gasteiger partial charge < -0.3 is 0 Å². The molecule has 5 rings (SSSR count). The van der Waals surface area contributed by atoms with Gasteiger partial charge in [0.1, 0.15) is 0 Å². The molecule has 1 aromatic heterocycles. The zero-order chi connectivity index (χ0) is 23.2. The molecule has 0 unspecified atom stereocenters. The number of carbonyl (C=O) groups excluding carboxylic acids is 3. The summed E-state index contributed by atoms with van der Waals surface area (Å²) in [5.41, 5.74) is 5.34. The third-order valence-corrected chi connectivity index (χ3v) is 9.57. The van der Waals surface area contributed by atoms with Gasteiger partial charge in [0.05, 0.1) is 0 Å². The SMILES string of the molecule is CN1C(=O)C(=Cc2cc3c([se]2)N2CCC(C)(C)c4cccc(c42)C3(C)C)C(=O)N(C)C1=O. The molecule has 3 aliphatic rings. The Morgan fingerprint density at radius 1 is 0.938 bits per heavy atom. The summed E-state index contributed by atoms with van der Waals surface area (Å²) in [4.78, 5) is 41.9. The molecule has 0 spiro atoms. The number of fused-ring (bicyclic) bond motifs is 2. The van der Waals surface area contributed by atoms with Crippen molar-refractivity contribution in [1.29, 1.82) is 0 Å². The third-order valence-electron chi connectivity index (χ3n) is 7.25. The molecule has 7 heteroatoms. The van der Waals surface area contributed by atoms with Crippen LogP contribution in [0, 0.1) is 0 Å². The van der Waals surface area contributed by atoms with E-state index in [0.29, 0.717) is 0 Å². The van der Waals surface area contributed by atoms with Gasteiger partial charge in [-0.2, -0.15) is 0 Å². The van der Waals surface area contributed by atoms with Gasteiger partial charge in [-0.1, -0.05) is 0 Å². The Morgan fingerprint density at radius 2 is 1.56 bits per heavy atom. The molecule has 4 heterocycles. The number of hydrogen-bond donors (Lipinski definition) is 0. The topological polar surface area (TPSA) is 60.9 Å². The predicted molar refractivity (Wildman–Crippen MR) is 126 cm³/mol. The van der Waals surface area contributed by atoms with Crippen LogP contribution in [0.25, 0.3) is 6.08 Å². The van der Waals surface area contributed by atoms with Crippen molar-refractivity contribution >= 4 is 48.7 Å². The Bertz CT molecular complexity index is 1210. The number of urea groups is 1. The normalized spacial score (nSPS) is 21.0. The van der Waals surface area contributed by atoms with Gasteiger partial charge in [0.15, 0.2) is 0 Å². The van der Waals surface area contributed by atoms with Crippen LogP contribution in [0.2, 0.25) is 0 Å². The number of imide groups is 2. The van der Waals surface area contributed by atoms with Crippen LogP contribution in [0.1, 0.15) is 55.2 Å². The van der Waals surface area contributed by atoms with Crippen molar-refractivity contribution in [2.24, 2.45) is 0 Å². The molecule has 0 bridgehead atoms. The van der Waals surface area contributed by atoms with Crippen LogP contribution in [0.4, 0.5) is 15.0 Å². The summed E-state index contributed by atoms with van der Waals surface area (Å²) in [6.45, 7) is 10.1. The Balaban J connectivity index is 1.66. The van der Waals surface area contributed by atoms with E-state index in [-0.39, 0.29) is 30.9 Å². The third kappa shape index (κ3) is 2.74. The number of nitrogens with zero attached hydrogens (tertiary/aromatic N) is 3. The minimum absolute atomic E-state index is 0.0367. The summed E-state index contributed by atoms with van der Waals surface area (Å²) in [7, 11) is 2.82. The van der Waals surface area contributed by atoms with E-state index >= 15 is 0 Å². The van der Waals surface area contributed by atoms with Crippen LogP contribution in [0.15, 0.2) is 29.8 Å². The summed E-state index contributed by atoms with van der Waals surface area (Å²) in [5.74, 6) is -1.08. The average molecular weight is 496 g/mol. The van der Waals surface area contributed by atoms with E-state index in [2.05, 4.69) is 56.9 Å². The molecule has 0 N–H and O–H groups in total. The second kappa shape index (κ2) is 6.69. The fourth-order valence-corrected chi connectivity index (χ4v) is 7.82. The summed E-state index contributed by atoms with van der Waals surface area (Å²) >= 11 is -0.0367. The van der Waals surface area contributed by atoms with Crippen molar-refractivity contribution < 1.29 is 14.4 Å². The maximum atomic E-state index is 12.7. The van der Waals surface area contributed by atoms with E-state index in [1.54, 1.807) is 6.08 Å². The standard InChI is InChI=1S/C25H27N3O3Se/c1-24(2)10-11-28-19-16(24)8-7-9-17(19)25(3,4)18-13-14(32-22(18)28)12-15-20(29)26(5)23(31)27(6)21(15)30/h7-9,12-13H,10-11H2,1-6H3.